The van der Waals surface area contributed by atoms with Crippen LogP contribution in [-0.2, 0) is 4.79 Å². The van der Waals surface area contributed by atoms with Crippen molar-refractivity contribution in [3.8, 4) is 0 Å². The Balaban J connectivity index is 1.89. The van der Waals surface area contributed by atoms with Gasteiger partial charge in [-0.3, -0.25) is 4.79 Å². The number of carbonyl (C=O) groups excluding carboxylic acids is 2. The number of piperazine rings is 1. The smallest absolute Gasteiger partial charge is 0.318 e. The van der Waals surface area contributed by atoms with E-state index in [1.165, 1.54) is 25.7 Å². The molecule has 108 valence electrons. The van der Waals surface area contributed by atoms with E-state index < -0.39 is 0 Å². The van der Waals surface area contributed by atoms with Crippen LogP contribution in [0.1, 0.15) is 39.5 Å². The minimum absolute atomic E-state index is 0.0303. The van der Waals surface area contributed by atoms with Crippen molar-refractivity contribution in [3.63, 3.8) is 0 Å². The minimum atomic E-state index is -0.336. The molecule has 5 nitrogen and oxygen atoms in total. The Morgan fingerprint density at radius 2 is 2.11 bits per heavy atom. The lowest BCUT2D eigenvalue weighted by Gasteiger charge is -2.37. The van der Waals surface area contributed by atoms with Gasteiger partial charge < -0.3 is 15.5 Å². The highest BCUT2D eigenvalue weighted by molar-refractivity contribution is 5.88. The molecule has 2 N–H and O–H groups in total. The minimum Gasteiger partial charge on any atom is -0.353 e. The number of nitrogens with one attached hydrogen (secondary N) is 2. The van der Waals surface area contributed by atoms with Gasteiger partial charge in [-0.25, -0.2) is 4.79 Å². The summed E-state index contributed by atoms with van der Waals surface area (Å²) in [6.07, 6.45) is 4.99. The van der Waals surface area contributed by atoms with Gasteiger partial charge in [0.05, 0.1) is 0 Å². The Bertz CT molecular complexity index is 338. The van der Waals surface area contributed by atoms with E-state index in [0.29, 0.717) is 19.0 Å². The van der Waals surface area contributed by atoms with Crippen molar-refractivity contribution in [1.29, 1.82) is 0 Å². The molecule has 0 aromatic rings. The van der Waals surface area contributed by atoms with E-state index in [1.807, 2.05) is 13.8 Å². The Morgan fingerprint density at radius 3 is 2.74 bits per heavy atom. The molecule has 19 heavy (non-hydrogen) atoms. The quantitative estimate of drug-likeness (QED) is 0.810. The van der Waals surface area contributed by atoms with E-state index in [0.717, 1.165) is 6.54 Å². The molecule has 1 saturated carbocycles. The lowest BCUT2D eigenvalue weighted by molar-refractivity contribution is -0.129. The zero-order valence-electron chi connectivity index (χ0n) is 11.9. The highest BCUT2D eigenvalue weighted by atomic mass is 16.2. The van der Waals surface area contributed by atoms with Crippen LogP contribution >= 0.6 is 0 Å². The summed E-state index contributed by atoms with van der Waals surface area (Å²) in [7, 11) is 0. The zero-order valence-corrected chi connectivity index (χ0v) is 11.9. The molecule has 0 aromatic carbocycles. The van der Waals surface area contributed by atoms with E-state index in [2.05, 4.69) is 10.6 Å². The topological polar surface area (TPSA) is 61.4 Å². The SMILES string of the molecule is CC(C)C1C(=O)NCCN1C(=O)NCC1CCCC1. The fraction of sp³-hybridized carbons (Fsp3) is 0.857. The van der Waals surface area contributed by atoms with Crippen molar-refractivity contribution in [2.45, 2.75) is 45.6 Å². The highest BCUT2D eigenvalue weighted by Crippen LogP contribution is 2.24. The molecule has 0 bridgehead atoms. The maximum Gasteiger partial charge on any atom is 0.318 e. The number of urea groups is 1. The van der Waals surface area contributed by atoms with Gasteiger partial charge in [0.25, 0.3) is 0 Å². The number of hydrogen-bond acceptors (Lipinski definition) is 2. The molecule has 2 aliphatic rings. The monoisotopic (exact) mass is 267 g/mol. The van der Waals surface area contributed by atoms with Gasteiger partial charge in [-0.05, 0) is 24.7 Å². The van der Waals surface area contributed by atoms with E-state index in [-0.39, 0.29) is 23.9 Å². The van der Waals surface area contributed by atoms with Crippen molar-refractivity contribution in [2.75, 3.05) is 19.6 Å². The largest absolute Gasteiger partial charge is 0.353 e. The van der Waals surface area contributed by atoms with E-state index >= 15 is 0 Å². The third-order valence-electron chi connectivity index (χ3n) is 4.17. The Hall–Kier alpha value is -1.26. The second kappa shape index (κ2) is 6.26. The van der Waals surface area contributed by atoms with Gasteiger partial charge in [0.2, 0.25) is 5.91 Å². The second-order valence-corrected chi connectivity index (χ2v) is 6.01. The molecule has 0 aromatic heterocycles. The Morgan fingerprint density at radius 1 is 1.42 bits per heavy atom. The number of rotatable bonds is 3. The number of nitrogens with zero attached hydrogens (tertiary/aromatic N) is 1. The lowest BCUT2D eigenvalue weighted by Crippen LogP contribution is -2.61. The molecule has 1 atom stereocenters. The van der Waals surface area contributed by atoms with Crippen molar-refractivity contribution in [2.24, 2.45) is 11.8 Å². The number of amides is 3. The zero-order chi connectivity index (χ0) is 13.8. The third-order valence-corrected chi connectivity index (χ3v) is 4.17. The average molecular weight is 267 g/mol. The highest BCUT2D eigenvalue weighted by Gasteiger charge is 2.35. The molecule has 1 heterocycles. The summed E-state index contributed by atoms with van der Waals surface area (Å²) in [4.78, 5) is 25.8. The van der Waals surface area contributed by atoms with Crippen LogP contribution in [0.5, 0.6) is 0 Å². The van der Waals surface area contributed by atoms with Crippen LogP contribution in [-0.4, -0.2) is 42.5 Å². The predicted octanol–water partition coefficient (Wildman–Crippen LogP) is 1.34. The maximum atomic E-state index is 12.3. The van der Waals surface area contributed by atoms with Gasteiger partial charge in [-0.1, -0.05) is 26.7 Å². The molecule has 3 amide bonds. The van der Waals surface area contributed by atoms with Crippen LogP contribution in [0, 0.1) is 11.8 Å². The van der Waals surface area contributed by atoms with Crippen LogP contribution in [0.3, 0.4) is 0 Å². The average Bonchev–Trinajstić information content (AvgIpc) is 2.88. The van der Waals surface area contributed by atoms with Crippen molar-refractivity contribution in [3.05, 3.63) is 0 Å². The van der Waals surface area contributed by atoms with Crippen LogP contribution in [0.15, 0.2) is 0 Å². The first kappa shape index (κ1) is 14.2. The van der Waals surface area contributed by atoms with Crippen LogP contribution < -0.4 is 10.6 Å². The van der Waals surface area contributed by atoms with E-state index in [9.17, 15) is 9.59 Å². The summed E-state index contributed by atoms with van der Waals surface area (Å²) in [5.74, 6) is 0.731. The van der Waals surface area contributed by atoms with Crippen LogP contribution in [0.4, 0.5) is 4.79 Å². The maximum absolute atomic E-state index is 12.3. The molecule has 2 rings (SSSR count). The van der Waals surface area contributed by atoms with Gasteiger partial charge in [-0.15, -0.1) is 0 Å². The van der Waals surface area contributed by atoms with Crippen LogP contribution in [0.25, 0.3) is 0 Å². The summed E-state index contributed by atoms with van der Waals surface area (Å²) in [6.45, 7) is 5.87. The van der Waals surface area contributed by atoms with Crippen LogP contribution in [0.2, 0.25) is 0 Å². The summed E-state index contributed by atoms with van der Waals surface area (Å²) >= 11 is 0. The Labute approximate surface area is 115 Å². The molecule has 0 spiro atoms. The Kier molecular flexibility index (Phi) is 4.66. The number of hydrogen-bond donors (Lipinski definition) is 2. The first-order valence-corrected chi connectivity index (χ1v) is 7.41. The van der Waals surface area contributed by atoms with Gasteiger partial charge in [0.1, 0.15) is 6.04 Å². The summed E-state index contributed by atoms with van der Waals surface area (Å²) < 4.78 is 0. The molecule has 0 radical (unpaired) electrons. The van der Waals surface area contributed by atoms with Gasteiger partial charge in [0.15, 0.2) is 0 Å². The number of carbonyl (C=O) groups is 2. The first-order valence-electron chi connectivity index (χ1n) is 7.41. The molecule has 2 fully saturated rings. The van der Waals surface area contributed by atoms with Crippen molar-refractivity contribution >= 4 is 11.9 Å². The standard InChI is InChI=1S/C14H25N3O2/c1-10(2)12-13(18)15-7-8-17(12)14(19)16-9-11-5-3-4-6-11/h10-12H,3-9H2,1-2H3,(H,15,18)(H,16,19). The van der Waals surface area contributed by atoms with Gasteiger partial charge in [0, 0.05) is 19.6 Å². The lowest BCUT2D eigenvalue weighted by atomic mass is 10.00. The molecular formula is C14H25N3O2. The fourth-order valence-corrected chi connectivity index (χ4v) is 3.12. The summed E-state index contributed by atoms with van der Waals surface area (Å²) in [5, 5.41) is 5.84. The van der Waals surface area contributed by atoms with E-state index in [4.69, 9.17) is 0 Å². The van der Waals surface area contributed by atoms with E-state index in [1.54, 1.807) is 4.90 Å². The summed E-state index contributed by atoms with van der Waals surface area (Å²) in [5.41, 5.74) is 0. The summed E-state index contributed by atoms with van der Waals surface area (Å²) in [6, 6.07) is -0.419. The third kappa shape index (κ3) is 3.39. The first-order chi connectivity index (χ1) is 9.09. The van der Waals surface area contributed by atoms with Crippen molar-refractivity contribution in [1.82, 2.24) is 15.5 Å². The fourth-order valence-electron chi connectivity index (χ4n) is 3.12. The molecule has 1 aliphatic carbocycles. The molecule has 1 saturated heterocycles. The van der Waals surface area contributed by atoms with Crippen molar-refractivity contribution < 1.29 is 9.59 Å². The normalized spacial score (nSPS) is 24.7. The molecule has 1 unspecified atom stereocenters. The molecule has 5 heteroatoms. The second-order valence-electron chi connectivity index (χ2n) is 6.01. The molecular weight excluding hydrogens is 242 g/mol. The van der Waals surface area contributed by atoms with Gasteiger partial charge in [-0.2, -0.15) is 0 Å². The predicted molar refractivity (Wildman–Crippen MR) is 73.7 cm³/mol. The van der Waals surface area contributed by atoms with Gasteiger partial charge >= 0.3 is 6.03 Å². The molecule has 1 aliphatic heterocycles.